The topological polar surface area (TPSA) is 57.8 Å². The van der Waals surface area contributed by atoms with E-state index in [0.29, 0.717) is 27.9 Å². The lowest BCUT2D eigenvalue weighted by atomic mass is 10.1. The van der Waals surface area contributed by atoms with Gasteiger partial charge in [0.2, 0.25) is 5.65 Å². The number of imidazole rings is 1. The molecule has 6 nitrogen and oxygen atoms in total. The number of benzene rings is 2. The lowest BCUT2D eigenvalue weighted by Gasteiger charge is -2.08. The Kier molecular flexibility index (Phi) is 4.33. The first-order chi connectivity index (χ1) is 13.1. The summed E-state index contributed by atoms with van der Waals surface area (Å²) < 4.78 is 14.0. The molecule has 136 valence electrons. The molecule has 4 aromatic rings. The summed E-state index contributed by atoms with van der Waals surface area (Å²) in [5.74, 6) is 1.33. The molecule has 0 N–H and O–H groups in total. The molecule has 27 heavy (non-hydrogen) atoms. The molecule has 0 aliphatic carbocycles. The Morgan fingerprint density at radius 1 is 1.00 bits per heavy atom. The van der Waals surface area contributed by atoms with Crippen LogP contribution in [0.2, 0.25) is 5.02 Å². The molecule has 0 fully saturated rings. The van der Waals surface area contributed by atoms with E-state index in [1.807, 2.05) is 18.2 Å². The number of hydrogen-bond donors (Lipinski definition) is 0. The quantitative estimate of drug-likeness (QED) is 0.539. The smallest absolute Gasteiger partial charge is 0.298 e. The minimum Gasteiger partial charge on any atom is -0.497 e. The zero-order valence-electron chi connectivity index (χ0n) is 14.7. The molecule has 4 rings (SSSR count). The van der Waals surface area contributed by atoms with Crippen LogP contribution in [0, 0.1) is 0 Å². The SMILES string of the molecule is COc1ccc(OC)c(-c2cn3ccn(-c4ccc(Cl)cc4)c(=O)c3n2)c1. The number of ether oxygens (including phenoxy) is 2. The maximum atomic E-state index is 12.9. The van der Waals surface area contributed by atoms with Gasteiger partial charge >= 0.3 is 0 Å². The minimum atomic E-state index is -0.229. The molecule has 2 aromatic carbocycles. The molecule has 2 aromatic heterocycles. The van der Waals surface area contributed by atoms with Gasteiger partial charge < -0.3 is 13.9 Å². The number of nitrogens with zero attached hydrogens (tertiary/aromatic N) is 3. The molecule has 0 saturated heterocycles. The van der Waals surface area contributed by atoms with Crippen molar-refractivity contribution in [3.8, 4) is 28.4 Å². The first kappa shape index (κ1) is 17.2. The second-order valence-corrected chi connectivity index (χ2v) is 6.31. The van der Waals surface area contributed by atoms with Crippen LogP contribution < -0.4 is 15.0 Å². The molecule has 0 bridgehead atoms. The molecule has 0 amide bonds. The predicted octanol–water partition coefficient (Wildman–Crippen LogP) is 3.82. The van der Waals surface area contributed by atoms with E-state index in [1.54, 1.807) is 61.5 Å². The molecule has 0 radical (unpaired) electrons. The van der Waals surface area contributed by atoms with Gasteiger partial charge in [0.25, 0.3) is 5.56 Å². The second kappa shape index (κ2) is 6.81. The van der Waals surface area contributed by atoms with Crippen LogP contribution in [0.1, 0.15) is 0 Å². The van der Waals surface area contributed by atoms with Crippen molar-refractivity contribution >= 4 is 17.2 Å². The Morgan fingerprint density at radius 2 is 1.78 bits per heavy atom. The van der Waals surface area contributed by atoms with E-state index >= 15 is 0 Å². The maximum absolute atomic E-state index is 12.9. The second-order valence-electron chi connectivity index (χ2n) is 5.87. The Morgan fingerprint density at radius 3 is 2.48 bits per heavy atom. The predicted molar refractivity (Wildman–Crippen MR) is 104 cm³/mol. The normalized spacial score (nSPS) is 10.9. The first-order valence-electron chi connectivity index (χ1n) is 8.19. The molecular weight excluding hydrogens is 366 g/mol. The Bertz CT molecular complexity index is 1180. The van der Waals surface area contributed by atoms with Gasteiger partial charge in [-0.05, 0) is 42.5 Å². The van der Waals surface area contributed by atoms with Crippen LogP contribution in [0.3, 0.4) is 0 Å². The van der Waals surface area contributed by atoms with Crippen molar-refractivity contribution in [2.24, 2.45) is 0 Å². The van der Waals surface area contributed by atoms with E-state index in [-0.39, 0.29) is 5.56 Å². The van der Waals surface area contributed by atoms with E-state index in [1.165, 1.54) is 4.57 Å². The van der Waals surface area contributed by atoms with E-state index in [4.69, 9.17) is 21.1 Å². The van der Waals surface area contributed by atoms with E-state index in [9.17, 15) is 4.79 Å². The highest BCUT2D eigenvalue weighted by Gasteiger charge is 2.14. The van der Waals surface area contributed by atoms with Gasteiger partial charge in [0.1, 0.15) is 11.5 Å². The van der Waals surface area contributed by atoms with Crippen LogP contribution >= 0.6 is 11.6 Å². The molecule has 0 saturated carbocycles. The maximum Gasteiger partial charge on any atom is 0.298 e. The van der Waals surface area contributed by atoms with Crippen LogP contribution in [0.25, 0.3) is 22.6 Å². The first-order valence-corrected chi connectivity index (χ1v) is 8.57. The number of halogens is 1. The third-order valence-electron chi connectivity index (χ3n) is 4.31. The van der Waals surface area contributed by atoms with Gasteiger partial charge in [-0.3, -0.25) is 9.36 Å². The molecule has 0 atom stereocenters. The molecule has 0 aliphatic heterocycles. The van der Waals surface area contributed by atoms with Crippen LogP contribution in [0.4, 0.5) is 0 Å². The number of fused-ring (bicyclic) bond motifs is 1. The van der Waals surface area contributed by atoms with Crippen molar-refractivity contribution in [1.29, 1.82) is 0 Å². The standard InChI is InChI=1S/C20H16ClN3O3/c1-26-15-7-8-18(27-2)16(11-15)17-12-23-9-10-24(20(25)19(23)22-17)14-5-3-13(21)4-6-14/h3-12H,1-2H3. The zero-order chi connectivity index (χ0) is 19.0. The fourth-order valence-electron chi connectivity index (χ4n) is 2.93. The lowest BCUT2D eigenvalue weighted by molar-refractivity contribution is 0.404. The molecule has 0 spiro atoms. The molecule has 0 unspecified atom stereocenters. The third kappa shape index (κ3) is 3.04. The summed E-state index contributed by atoms with van der Waals surface area (Å²) in [6, 6.07) is 12.5. The fraction of sp³-hybridized carbons (Fsp3) is 0.100. The van der Waals surface area contributed by atoms with Crippen LogP contribution in [-0.2, 0) is 0 Å². The largest absolute Gasteiger partial charge is 0.497 e. The monoisotopic (exact) mass is 381 g/mol. The summed E-state index contributed by atoms with van der Waals surface area (Å²) in [6.45, 7) is 0. The number of rotatable bonds is 4. The van der Waals surface area contributed by atoms with Gasteiger partial charge in [-0.1, -0.05) is 11.6 Å². The minimum absolute atomic E-state index is 0.229. The Labute approximate surface area is 160 Å². The lowest BCUT2D eigenvalue weighted by Crippen LogP contribution is -2.19. The van der Waals surface area contributed by atoms with Crippen LogP contribution in [0.5, 0.6) is 11.5 Å². The average Bonchev–Trinajstić information content (AvgIpc) is 3.14. The average molecular weight is 382 g/mol. The summed E-state index contributed by atoms with van der Waals surface area (Å²) in [4.78, 5) is 17.5. The van der Waals surface area contributed by atoms with Crippen molar-refractivity contribution < 1.29 is 9.47 Å². The summed E-state index contributed by atoms with van der Waals surface area (Å²) in [7, 11) is 3.19. The van der Waals surface area contributed by atoms with E-state index < -0.39 is 0 Å². The van der Waals surface area contributed by atoms with Gasteiger partial charge in [0, 0.05) is 34.9 Å². The van der Waals surface area contributed by atoms with Crippen LogP contribution in [-0.4, -0.2) is 28.2 Å². The summed E-state index contributed by atoms with van der Waals surface area (Å²) in [6.07, 6.45) is 5.28. The summed E-state index contributed by atoms with van der Waals surface area (Å²) in [5.41, 5.74) is 2.17. The van der Waals surface area contributed by atoms with Crippen molar-refractivity contribution in [3.05, 3.63) is 76.4 Å². The van der Waals surface area contributed by atoms with Gasteiger partial charge in [-0.25, -0.2) is 4.98 Å². The Balaban J connectivity index is 1.88. The van der Waals surface area contributed by atoms with Crippen molar-refractivity contribution in [2.45, 2.75) is 0 Å². The highest BCUT2D eigenvalue weighted by Crippen LogP contribution is 2.32. The fourth-order valence-corrected chi connectivity index (χ4v) is 3.05. The molecular formula is C20H16ClN3O3. The van der Waals surface area contributed by atoms with Crippen LogP contribution in [0.15, 0.2) is 65.8 Å². The highest BCUT2D eigenvalue weighted by molar-refractivity contribution is 6.30. The number of aromatic nitrogens is 3. The van der Waals surface area contributed by atoms with E-state index in [2.05, 4.69) is 4.98 Å². The molecule has 7 heteroatoms. The van der Waals surface area contributed by atoms with Crippen molar-refractivity contribution in [2.75, 3.05) is 14.2 Å². The van der Waals surface area contributed by atoms with Gasteiger partial charge in [0.15, 0.2) is 0 Å². The van der Waals surface area contributed by atoms with Gasteiger partial charge in [0.05, 0.1) is 19.9 Å². The zero-order valence-corrected chi connectivity index (χ0v) is 15.5. The van der Waals surface area contributed by atoms with Crippen molar-refractivity contribution in [1.82, 2.24) is 14.0 Å². The molecule has 2 heterocycles. The summed E-state index contributed by atoms with van der Waals surface area (Å²) >= 11 is 5.93. The van der Waals surface area contributed by atoms with Gasteiger partial charge in [-0.2, -0.15) is 0 Å². The highest BCUT2D eigenvalue weighted by atomic mass is 35.5. The van der Waals surface area contributed by atoms with Crippen molar-refractivity contribution in [3.63, 3.8) is 0 Å². The van der Waals surface area contributed by atoms with Gasteiger partial charge in [-0.15, -0.1) is 0 Å². The van der Waals surface area contributed by atoms with E-state index in [0.717, 1.165) is 11.3 Å². The third-order valence-corrected chi connectivity index (χ3v) is 4.56. The number of hydrogen-bond acceptors (Lipinski definition) is 4. The summed E-state index contributed by atoms with van der Waals surface area (Å²) in [5, 5.41) is 0.612. The Hall–Kier alpha value is -3.25. The number of methoxy groups -OCH3 is 2. The molecule has 0 aliphatic rings.